The van der Waals surface area contributed by atoms with Gasteiger partial charge in [-0.25, -0.2) is 8.78 Å². The van der Waals surface area contributed by atoms with Gasteiger partial charge in [0.1, 0.15) is 11.6 Å². The molecule has 1 nitrogen and oxygen atoms in total. The van der Waals surface area contributed by atoms with Crippen LogP contribution in [-0.4, -0.2) is 6.54 Å². The molecule has 0 amide bonds. The van der Waals surface area contributed by atoms with Gasteiger partial charge < -0.3 is 5.32 Å². The SMILES string of the molecule is CCNC1c2c(F)ccc(F)c2CC1C. The molecule has 0 aliphatic heterocycles. The molecule has 2 rings (SSSR count). The molecule has 0 fully saturated rings. The lowest BCUT2D eigenvalue weighted by atomic mass is 10.0. The van der Waals surface area contributed by atoms with Gasteiger partial charge in [-0.05, 0) is 36.6 Å². The Bertz CT molecular complexity index is 376. The van der Waals surface area contributed by atoms with Crippen LogP contribution in [0.3, 0.4) is 0 Å². The lowest BCUT2D eigenvalue weighted by Gasteiger charge is -2.17. The molecule has 0 radical (unpaired) electrons. The molecule has 0 bridgehead atoms. The number of fused-ring (bicyclic) bond motifs is 1. The topological polar surface area (TPSA) is 12.0 Å². The second-order valence-electron chi connectivity index (χ2n) is 4.14. The van der Waals surface area contributed by atoms with E-state index in [-0.39, 0.29) is 23.6 Å². The van der Waals surface area contributed by atoms with E-state index in [4.69, 9.17) is 0 Å². The fourth-order valence-corrected chi connectivity index (χ4v) is 2.40. The largest absolute Gasteiger partial charge is 0.310 e. The summed E-state index contributed by atoms with van der Waals surface area (Å²) >= 11 is 0. The Morgan fingerprint density at radius 1 is 1.33 bits per heavy atom. The van der Waals surface area contributed by atoms with Crippen LogP contribution in [0.1, 0.15) is 31.0 Å². The van der Waals surface area contributed by atoms with E-state index in [2.05, 4.69) is 5.32 Å². The number of hydrogen-bond donors (Lipinski definition) is 1. The Balaban J connectivity index is 2.47. The number of hydrogen-bond acceptors (Lipinski definition) is 1. The van der Waals surface area contributed by atoms with Gasteiger partial charge >= 0.3 is 0 Å². The lowest BCUT2D eigenvalue weighted by molar-refractivity contribution is 0.414. The zero-order valence-electron chi connectivity index (χ0n) is 8.98. The highest BCUT2D eigenvalue weighted by Gasteiger charge is 2.33. The highest BCUT2D eigenvalue weighted by Crippen LogP contribution is 2.38. The van der Waals surface area contributed by atoms with Crippen molar-refractivity contribution in [2.24, 2.45) is 5.92 Å². The Morgan fingerprint density at radius 2 is 2.00 bits per heavy atom. The third kappa shape index (κ3) is 1.65. The fraction of sp³-hybridized carbons (Fsp3) is 0.500. The molecular weight excluding hydrogens is 196 g/mol. The predicted molar refractivity (Wildman–Crippen MR) is 55.6 cm³/mol. The molecule has 2 unspecified atom stereocenters. The first kappa shape index (κ1) is 10.6. The Morgan fingerprint density at radius 3 is 2.67 bits per heavy atom. The maximum absolute atomic E-state index is 13.6. The first-order chi connectivity index (χ1) is 7.15. The molecule has 0 saturated carbocycles. The predicted octanol–water partition coefficient (Wildman–Crippen LogP) is 2.81. The van der Waals surface area contributed by atoms with Crippen molar-refractivity contribution in [3.8, 4) is 0 Å². The van der Waals surface area contributed by atoms with Crippen LogP contribution in [0.25, 0.3) is 0 Å². The zero-order chi connectivity index (χ0) is 11.0. The van der Waals surface area contributed by atoms with E-state index in [1.54, 1.807) is 0 Å². The second-order valence-corrected chi connectivity index (χ2v) is 4.14. The van der Waals surface area contributed by atoms with Crippen molar-refractivity contribution >= 4 is 0 Å². The van der Waals surface area contributed by atoms with Crippen LogP contribution in [0.5, 0.6) is 0 Å². The van der Waals surface area contributed by atoms with Gasteiger partial charge in [-0.1, -0.05) is 13.8 Å². The number of halogens is 2. The van der Waals surface area contributed by atoms with Gasteiger partial charge in [-0.15, -0.1) is 0 Å². The standard InChI is InChI=1S/C12H15F2N/c1-3-15-12-7(2)6-8-9(13)4-5-10(14)11(8)12/h4-5,7,12,15H,3,6H2,1-2H3. The van der Waals surface area contributed by atoms with Gasteiger partial charge in [0, 0.05) is 11.6 Å². The molecule has 1 aromatic rings. The van der Waals surface area contributed by atoms with Gasteiger partial charge in [0.05, 0.1) is 0 Å². The van der Waals surface area contributed by atoms with Crippen LogP contribution in [0.4, 0.5) is 8.78 Å². The Kier molecular flexibility index (Phi) is 2.74. The average molecular weight is 211 g/mol. The van der Waals surface area contributed by atoms with Crippen LogP contribution in [0, 0.1) is 17.6 Å². The molecule has 0 spiro atoms. The summed E-state index contributed by atoms with van der Waals surface area (Å²) < 4.78 is 27.1. The zero-order valence-corrected chi connectivity index (χ0v) is 8.98. The molecule has 1 aliphatic carbocycles. The summed E-state index contributed by atoms with van der Waals surface area (Å²) in [6.07, 6.45) is 0.622. The van der Waals surface area contributed by atoms with Crippen LogP contribution in [-0.2, 0) is 6.42 Å². The first-order valence-electron chi connectivity index (χ1n) is 5.35. The number of benzene rings is 1. The number of rotatable bonds is 2. The lowest BCUT2D eigenvalue weighted by Crippen LogP contribution is -2.24. The normalized spacial score (nSPS) is 24.3. The third-order valence-corrected chi connectivity index (χ3v) is 3.08. The van der Waals surface area contributed by atoms with Crippen molar-refractivity contribution in [2.75, 3.05) is 6.54 Å². The summed E-state index contributed by atoms with van der Waals surface area (Å²) in [6.45, 7) is 4.76. The molecule has 0 heterocycles. The summed E-state index contributed by atoms with van der Waals surface area (Å²) in [4.78, 5) is 0. The summed E-state index contributed by atoms with van der Waals surface area (Å²) in [7, 11) is 0. The van der Waals surface area contributed by atoms with E-state index < -0.39 is 0 Å². The third-order valence-electron chi connectivity index (χ3n) is 3.08. The van der Waals surface area contributed by atoms with E-state index in [1.165, 1.54) is 12.1 Å². The van der Waals surface area contributed by atoms with E-state index in [0.717, 1.165) is 6.54 Å². The van der Waals surface area contributed by atoms with Crippen molar-refractivity contribution in [1.82, 2.24) is 5.32 Å². The van der Waals surface area contributed by atoms with Crippen LogP contribution < -0.4 is 5.32 Å². The van der Waals surface area contributed by atoms with Gasteiger partial charge in [-0.3, -0.25) is 0 Å². The Hall–Kier alpha value is -0.960. The molecule has 1 aromatic carbocycles. The molecule has 0 saturated heterocycles. The minimum Gasteiger partial charge on any atom is -0.310 e. The van der Waals surface area contributed by atoms with Crippen LogP contribution >= 0.6 is 0 Å². The molecule has 2 atom stereocenters. The molecule has 3 heteroatoms. The minimum absolute atomic E-state index is 0.0410. The highest BCUT2D eigenvalue weighted by atomic mass is 19.1. The average Bonchev–Trinajstić information content (AvgIpc) is 2.53. The van der Waals surface area contributed by atoms with Crippen molar-refractivity contribution in [2.45, 2.75) is 26.3 Å². The maximum Gasteiger partial charge on any atom is 0.128 e. The van der Waals surface area contributed by atoms with E-state index in [1.807, 2.05) is 13.8 Å². The van der Waals surface area contributed by atoms with Crippen molar-refractivity contribution in [3.05, 3.63) is 34.9 Å². The molecule has 1 aliphatic rings. The fourth-order valence-electron chi connectivity index (χ4n) is 2.40. The summed E-state index contributed by atoms with van der Waals surface area (Å²) in [5.74, 6) is -0.313. The van der Waals surface area contributed by atoms with Crippen molar-refractivity contribution in [3.63, 3.8) is 0 Å². The maximum atomic E-state index is 13.6. The summed E-state index contributed by atoms with van der Waals surface area (Å²) in [5.41, 5.74) is 1.08. The summed E-state index contributed by atoms with van der Waals surface area (Å²) in [6, 6.07) is 2.40. The van der Waals surface area contributed by atoms with E-state index in [9.17, 15) is 8.78 Å². The quantitative estimate of drug-likeness (QED) is 0.793. The van der Waals surface area contributed by atoms with Gasteiger partial charge in [-0.2, -0.15) is 0 Å². The van der Waals surface area contributed by atoms with Crippen molar-refractivity contribution in [1.29, 1.82) is 0 Å². The van der Waals surface area contributed by atoms with Crippen molar-refractivity contribution < 1.29 is 8.78 Å². The highest BCUT2D eigenvalue weighted by molar-refractivity contribution is 5.38. The van der Waals surface area contributed by atoms with E-state index in [0.29, 0.717) is 17.5 Å². The van der Waals surface area contributed by atoms with Crippen LogP contribution in [0.2, 0.25) is 0 Å². The molecule has 82 valence electrons. The first-order valence-corrected chi connectivity index (χ1v) is 5.35. The molecule has 15 heavy (non-hydrogen) atoms. The second kappa shape index (κ2) is 3.89. The molecular formula is C12H15F2N. The Labute approximate surface area is 88.5 Å². The summed E-state index contributed by atoms with van der Waals surface area (Å²) in [5, 5.41) is 3.21. The number of nitrogens with one attached hydrogen (secondary N) is 1. The monoisotopic (exact) mass is 211 g/mol. The van der Waals surface area contributed by atoms with Crippen LogP contribution in [0.15, 0.2) is 12.1 Å². The minimum atomic E-state index is -0.290. The molecule has 1 N–H and O–H groups in total. The van der Waals surface area contributed by atoms with Gasteiger partial charge in [0.2, 0.25) is 0 Å². The molecule has 0 aromatic heterocycles. The van der Waals surface area contributed by atoms with Gasteiger partial charge in [0.15, 0.2) is 0 Å². The smallest absolute Gasteiger partial charge is 0.128 e. The van der Waals surface area contributed by atoms with Gasteiger partial charge in [0.25, 0.3) is 0 Å². The van der Waals surface area contributed by atoms with E-state index >= 15 is 0 Å².